The van der Waals surface area contributed by atoms with Crippen LogP contribution in [0.25, 0.3) is 0 Å². The van der Waals surface area contributed by atoms with Gasteiger partial charge in [0.1, 0.15) is 18.3 Å². The fourth-order valence-corrected chi connectivity index (χ4v) is 1.80. The van der Waals surface area contributed by atoms with Gasteiger partial charge in [-0.05, 0) is 6.42 Å². The van der Waals surface area contributed by atoms with E-state index in [1.807, 2.05) is 6.92 Å². The third kappa shape index (κ3) is 2.70. The largest absolute Gasteiger partial charge is 0.479 e. The zero-order valence-electron chi connectivity index (χ0n) is 9.11. The van der Waals surface area contributed by atoms with Crippen LogP contribution in [0.15, 0.2) is 0 Å². The van der Waals surface area contributed by atoms with Crippen molar-refractivity contribution in [3.63, 3.8) is 0 Å². The van der Waals surface area contributed by atoms with Crippen LogP contribution in [-0.2, 0) is 9.53 Å². The van der Waals surface area contributed by atoms with Crippen LogP contribution < -0.4 is 0 Å². The van der Waals surface area contributed by atoms with E-state index in [4.69, 9.17) is 9.84 Å². The smallest absolute Gasteiger partial charge is 0.335 e. The second-order valence-corrected chi connectivity index (χ2v) is 4.05. The third-order valence-corrected chi connectivity index (χ3v) is 2.80. The monoisotopic (exact) mass is 234 g/mol. The summed E-state index contributed by atoms with van der Waals surface area (Å²) < 4.78 is 5.09. The summed E-state index contributed by atoms with van der Waals surface area (Å²) in [6.45, 7) is 1.95. The first-order valence-corrected chi connectivity index (χ1v) is 5.41. The molecule has 0 unspecified atom stereocenters. The second-order valence-electron chi connectivity index (χ2n) is 4.05. The molecule has 0 aliphatic carbocycles. The molecule has 1 aliphatic rings. The quantitative estimate of drug-likeness (QED) is 0.503. The Balaban J connectivity index is 2.69. The number of carboxylic acid groups (broad SMARTS) is 1. The van der Waals surface area contributed by atoms with Crippen molar-refractivity contribution < 1.29 is 30.0 Å². The molecule has 1 saturated heterocycles. The zero-order chi connectivity index (χ0) is 12.3. The van der Waals surface area contributed by atoms with Crippen molar-refractivity contribution in [2.45, 2.75) is 56.7 Å². The lowest BCUT2D eigenvalue weighted by molar-refractivity contribution is -0.228. The van der Waals surface area contributed by atoms with E-state index in [-0.39, 0.29) is 0 Å². The molecule has 0 aromatic carbocycles. The van der Waals surface area contributed by atoms with Crippen molar-refractivity contribution >= 4 is 5.97 Å². The van der Waals surface area contributed by atoms with Crippen molar-refractivity contribution in [3.05, 3.63) is 0 Å². The molecule has 4 N–H and O–H groups in total. The topological polar surface area (TPSA) is 107 Å². The average molecular weight is 234 g/mol. The molecule has 0 saturated carbocycles. The van der Waals surface area contributed by atoms with E-state index < -0.39 is 36.5 Å². The van der Waals surface area contributed by atoms with Gasteiger partial charge in [0.05, 0.1) is 6.10 Å². The van der Waals surface area contributed by atoms with E-state index in [0.717, 1.165) is 12.8 Å². The molecule has 5 atom stereocenters. The van der Waals surface area contributed by atoms with Gasteiger partial charge in [-0.15, -0.1) is 0 Å². The second kappa shape index (κ2) is 5.58. The van der Waals surface area contributed by atoms with Gasteiger partial charge in [-0.1, -0.05) is 19.8 Å². The van der Waals surface area contributed by atoms with Crippen molar-refractivity contribution in [2.24, 2.45) is 0 Å². The lowest BCUT2D eigenvalue weighted by Gasteiger charge is -2.38. The number of aliphatic carboxylic acids is 1. The number of unbranched alkanes of at least 4 members (excludes halogenated alkanes) is 1. The molecule has 0 spiro atoms. The standard InChI is InChI=1S/C10H18O6/c1-2-3-4-5-6(11)7(12)8(13)9(16-5)10(14)15/h5-9,11-13H,2-4H2,1H3,(H,14,15)/t5-,6-,7+,8-,9-/m0/s1. The van der Waals surface area contributed by atoms with Crippen LogP contribution in [0.1, 0.15) is 26.2 Å². The van der Waals surface area contributed by atoms with E-state index in [9.17, 15) is 20.1 Å². The Morgan fingerprint density at radius 3 is 2.31 bits per heavy atom. The summed E-state index contributed by atoms with van der Waals surface area (Å²) in [7, 11) is 0. The van der Waals surface area contributed by atoms with Crippen molar-refractivity contribution in [1.29, 1.82) is 0 Å². The highest BCUT2D eigenvalue weighted by atomic mass is 16.6. The van der Waals surface area contributed by atoms with Crippen LogP contribution in [-0.4, -0.2) is 56.9 Å². The highest BCUT2D eigenvalue weighted by Gasteiger charge is 2.46. The third-order valence-electron chi connectivity index (χ3n) is 2.80. The highest BCUT2D eigenvalue weighted by Crippen LogP contribution is 2.24. The summed E-state index contributed by atoms with van der Waals surface area (Å²) in [6, 6.07) is 0. The number of aliphatic hydroxyl groups excluding tert-OH is 3. The molecule has 94 valence electrons. The van der Waals surface area contributed by atoms with Gasteiger partial charge in [0.25, 0.3) is 0 Å². The fraction of sp³-hybridized carbons (Fsp3) is 0.900. The molecule has 16 heavy (non-hydrogen) atoms. The average Bonchev–Trinajstić information content (AvgIpc) is 2.24. The van der Waals surface area contributed by atoms with E-state index >= 15 is 0 Å². The Bertz CT molecular complexity index is 243. The van der Waals surface area contributed by atoms with Crippen molar-refractivity contribution in [1.82, 2.24) is 0 Å². The summed E-state index contributed by atoms with van der Waals surface area (Å²) >= 11 is 0. The zero-order valence-corrected chi connectivity index (χ0v) is 9.11. The summed E-state index contributed by atoms with van der Waals surface area (Å²) in [5, 5.41) is 37.3. The van der Waals surface area contributed by atoms with Gasteiger partial charge in [0.15, 0.2) is 6.10 Å². The van der Waals surface area contributed by atoms with Crippen LogP contribution in [0.4, 0.5) is 0 Å². The number of carbonyl (C=O) groups is 1. The summed E-state index contributed by atoms with van der Waals surface area (Å²) in [4.78, 5) is 10.8. The Labute approximate surface area is 93.5 Å². The Kier molecular flexibility index (Phi) is 4.67. The number of rotatable bonds is 4. The molecule has 6 nitrogen and oxygen atoms in total. The lowest BCUT2D eigenvalue weighted by Crippen LogP contribution is -2.59. The van der Waals surface area contributed by atoms with Crippen molar-refractivity contribution in [2.75, 3.05) is 0 Å². The van der Waals surface area contributed by atoms with Gasteiger partial charge >= 0.3 is 5.97 Å². The molecule has 0 aromatic rings. The first-order chi connectivity index (χ1) is 7.49. The number of carboxylic acids is 1. The molecule has 6 heteroatoms. The first kappa shape index (κ1) is 13.4. The van der Waals surface area contributed by atoms with E-state index in [2.05, 4.69) is 0 Å². The van der Waals surface area contributed by atoms with Crippen LogP contribution in [0, 0.1) is 0 Å². The molecule has 0 aromatic heterocycles. The SMILES string of the molecule is CCCC[C@@H]1O[C@H](C(=O)O)[C@@H](O)[C@H](O)[C@H]1O. The van der Waals surface area contributed by atoms with Gasteiger partial charge in [-0.2, -0.15) is 0 Å². The number of ether oxygens (including phenoxy) is 1. The molecule has 1 rings (SSSR count). The molecule has 0 radical (unpaired) electrons. The molecular formula is C10H18O6. The van der Waals surface area contributed by atoms with Gasteiger partial charge in [-0.3, -0.25) is 0 Å². The first-order valence-electron chi connectivity index (χ1n) is 5.41. The molecule has 0 amide bonds. The Hall–Kier alpha value is -0.690. The minimum atomic E-state index is -1.59. The predicted octanol–water partition coefficient (Wildman–Crippen LogP) is -0.889. The van der Waals surface area contributed by atoms with E-state index in [1.54, 1.807) is 0 Å². The van der Waals surface area contributed by atoms with Crippen LogP contribution in [0.5, 0.6) is 0 Å². The molecule has 1 fully saturated rings. The molecule has 1 aliphatic heterocycles. The highest BCUT2D eigenvalue weighted by molar-refractivity contribution is 5.73. The van der Waals surface area contributed by atoms with Gasteiger partial charge in [0, 0.05) is 0 Å². The Morgan fingerprint density at radius 2 is 1.81 bits per heavy atom. The van der Waals surface area contributed by atoms with Gasteiger partial charge < -0.3 is 25.2 Å². The lowest BCUT2D eigenvalue weighted by atomic mass is 9.92. The summed E-state index contributed by atoms with van der Waals surface area (Å²) in [5.41, 5.74) is 0. The maximum Gasteiger partial charge on any atom is 0.335 e. The Morgan fingerprint density at radius 1 is 1.19 bits per heavy atom. The summed E-state index contributed by atoms with van der Waals surface area (Å²) in [6.07, 6.45) is -4.41. The predicted molar refractivity (Wildman–Crippen MR) is 53.8 cm³/mol. The summed E-state index contributed by atoms with van der Waals surface area (Å²) in [5.74, 6) is -1.33. The maximum absolute atomic E-state index is 10.8. The minimum Gasteiger partial charge on any atom is -0.479 e. The van der Waals surface area contributed by atoms with E-state index in [0.29, 0.717) is 6.42 Å². The maximum atomic E-state index is 10.8. The molecule has 1 heterocycles. The normalized spacial score (nSPS) is 39.6. The van der Waals surface area contributed by atoms with Gasteiger partial charge in [-0.25, -0.2) is 4.79 Å². The van der Waals surface area contributed by atoms with Crippen LogP contribution >= 0.6 is 0 Å². The minimum absolute atomic E-state index is 0.464. The molecular weight excluding hydrogens is 216 g/mol. The fourth-order valence-electron chi connectivity index (χ4n) is 1.80. The van der Waals surface area contributed by atoms with Crippen molar-refractivity contribution in [3.8, 4) is 0 Å². The van der Waals surface area contributed by atoms with Crippen LogP contribution in [0.3, 0.4) is 0 Å². The number of hydrogen-bond donors (Lipinski definition) is 4. The van der Waals surface area contributed by atoms with E-state index in [1.165, 1.54) is 0 Å². The number of hydrogen-bond acceptors (Lipinski definition) is 5. The number of aliphatic hydroxyl groups is 3. The molecule has 0 bridgehead atoms. The van der Waals surface area contributed by atoms with Crippen LogP contribution in [0.2, 0.25) is 0 Å². The van der Waals surface area contributed by atoms with Gasteiger partial charge in [0.2, 0.25) is 0 Å².